The number of aromatic nitrogens is 2. The molecular formula is C35H37N3O6. The summed E-state index contributed by atoms with van der Waals surface area (Å²) in [5, 5.41) is 1.58. The zero-order valence-electron chi connectivity index (χ0n) is 25.5. The summed E-state index contributed by atoms with van der Waals surface area (Å²) in [4.78, 5) is 32.2. The van der Waals surface area contributed by atoms with E-state index >= 15 is 0 Å². The van der Waals surface area contributed by atoms with E-state index in [1.807, 2.05) is 78.3 Å². The Kier molecular flexibility index (Phi) is 9.76. The fourth-order valence-electron chi connectivity index (χ4n) is 5.09. The van der Waals surface area contributed by atoms with Gasteiger partial charge in [-0.25, -0.2) is 9.78 Å². The number of ether oxygens (including phenoxy) is 4. The first kappa shape index (κ1) is 30.6. The van der Waals surface area contributed by atoms with Gasteiger partial charge < -0.3 is 28.4 Å². The Labute approximate surface area is 256 Å². The predicted molar refractivity (Wildman–Crippen MR) is 169 cm³/mol. The molecule has 0 aliphatic carbocycles. The molecule has 0 saturated carbocycles. The number of rotatable bonds is 12. The highest BCUT2D eigenvalue weighted by Crippen LogP contribution is 2.37. The van der Waals surface area contributed by atoms with Crippen LogP contribution >= 0.6 is 0 Å². The van der Waals surface area contributed by atoms with E-state index in [2.05, 4.69) is 17.1 Å². The summed E-state index contributed by atoms with van der Waals surface area (Å²) in [5.41, 5.74) is 4.31. The van der Waals surface area contributed by atoms with E-state index in [-0.39, 0.29) is 31.0 Å². The molecule has 3 aromatic carbocycles. The quantitative estimate of drug-likeness (QED) is 0.151. The van der Waals surface area contributed by atoms with Gasteiger partial charge in [0, 0.05) is 37.0 Å². The molecule has 0 atom stereocenters. The van der Waals surface area contributed by atoms with Crippen molar-refractivity contribution in [1.82, 2.24) is 14.5 Å². The van der Waals surface area contributed by atoms with Crippen LogP contribution in [0.2, 0.25) is 0 Å². The summed E-state index contributed by atoms with van der Waals surface area (Å²) in [6.45, 7) is 4.68. The van der Waals surface area contributed by atoms with Gasteiger partial charge in [-0.15, -0.1) is 0 Å². The molecule has 0 radical (unpaired) electrons. The maximum absolute atomic E-state index is 13.5. The number of amides is 1. The highest BCUT2D eigenvalue weighted by Gasteiger charge is 2.23. The lowest BCUT2D eigenvalue weighted by molar-refractivity contribution is -0.130. The number of likely N-dealkylation sites (N-methyl/N-ethyl adjacent to an activating group) is 1. The molecule has 0 aliphatic heterocycles. The van der Waals surface area contributed by atoms with Gasteiger partial charge in [0.1, 0.15) is 18.9 Å². The molecule has 9 heteroatoms. The zero-order chi connectivity index (χ0) is 31.1. The predicted octanol–water partition coefficient (Wildman–Crippen LogP) is 6.54. The van der Waals surface area contributed by atoms with Crippen LogP contribution in [0.3, 0.4) is 0 Å². The molecule has 0 saturated heterocycles. The second-order valence-electron chi connectivity index (χ2n) is 10.8. The van der Waals surface area contributed by atoms with Crippen LogP contribution in [0.25, 0.3) is 21.8 Å². The highest BCUT2D eigenvalue weighted by molar-refractivity contribution is 6.11. The standard InChI is InChI=1S/C35H37N3O6/c1-24(2)43-35(40)44-34-29(23-41-4)33-28-19-27(42-22-26-13-9-6-10-14-26)15-16-30(28)38(31(33)20-36-34)21-32(39)37(3)18-17-25-11-7-5-8-12-25/h5-16,19-20,24H,17-18,21-23H2,1-4H3. The van der Waals surface area contributed by atoms with Gasteiger partial charge in [0.05, 0.1) is 30.0 Å². The zero-order valence-corrected chi connectivity index (χ0v) is 25.5. The molecule has 0 spiro atoms. The van der Waals surface area contributed by atoms with Crippen molar-refractivity contribution in [3.8, 4) is 11.6 Å². The van der Waals surface area contributed by atoms with Crippen LogP contribution in [0.4, 0.5) is 4.79 Å². The second-order valence-corrected chi connectivity index (χ2v) is 10.8. The number of methoxy groups -OCH3 is 1. The summed E-state index contributed by atoms with van der Waals surface area (Å²) in [6, 6.07) is 25.8. The van der Waals surface area contributed by atoms with Crippen LogP contribution in [0.5, 0.6) is 11.6 Å². The molecule has 0 N–H and O–H groups in total. The van der Waals surface area contributed by atoms with Crippen molar-refractivity contribution in [3.63, 3.8) is 0 Å². The maximum atomic E-state index is 13.5. The van der Waals surface area contributed by atoms with E-state index in [0.29, 0.717) is 30.0 Å². The molecule has 5 rings (SSSR count). The summed E-state index contributed by atoms with van der Waals surface area (Å²) in [6.07, 6.45) is 1.17. The Morgan fingerprint density at radius 2 is 1.61 bits per heavy atom. The summed E-state index contributed by atoms with van der Waals surface area (Å²) < 4.78 is 24.4. The van der Waals surface area contributed by atoms with E-state index in [4.69, 9.17) is 18.9 Å². The van der Waals surface area contributed by atoms with E-state index in [1.54, 1.807) is 32.1 Å². The summed E-state index contributed by atoms with van der Waals surface area (Å²) in [5.74, 6) is 0.706. The number of pyridine rings is 1. The fourth-order valence-corrected chi connectivity index (χ4v) is 5.09. The number of hydrogen-bond acceptors (Lipinski definition) is 7. The Hall–Kier alpha value is -4.89. The second kappa shape index (κ2) is 14.1. The molecule has 0 unspecified atom stereocenters. The lowest BCUT2D eigenvalue weighted by Gasteiger charge is -2.18. The number of hydrogen-bond donors (Lipinski definition) is 0. The van der Waals surface area contributed by atoms with Gasteiger partial charge >= 0.3 is 6.16 Å². The maximum Gasteiger partial charge on any atom is 0.515 e. The Balaban J connectivity index is 1.53. The summed E-state index contributed by atoms with van der Waals surface area (Å²) in [7, 11) is 3.38. The lowest BCUT2D eigenvalue weighted by Crippen LogP contribution is -2.31. The molecule has 228 valence electrons. The van der Waals surface area contributed by atoms with Crippen LogP contribution in [-0.4, -0.2) is 53.3 Å². The van der Waals surface area contributed by atoms with Gasteiger partial charge in [-0.3, -0.25) is 4.79 Å². The van der Waals surface area contributed by atoms with Gasteiger partial charge in [0.25, 0.3) is 0 Å². The smallest absolute Gasteiger partial charge is 0.489 e. The SMILES string of the molecule is COCc1c(OC(=O)OC(C)C)ncc2c1c1cc(OCc3ccccc3)ccc1n2CC(=O)N(C)CCc1ccccc1. The normalized spacial score (nSPS) is 11.2. The molecule has 9 nitrogen and oxygen atoms in total. The average Bonchev–Trinajstić information content (AvgIpc) is 3.33. The van der Waals surface area contributed by atoms with E-state index < -0.39 is 6.16 Å². The molecule has 5 aromatic rings. The number of fused-ring (bicyclic) bond motifs is 3. The van der Waals surface area contributed by atoms with Gasteiger partial charge in [-0.05, 0) is 49.6 Å². The van der Waals surface area contributed by atoms with Crippen LogP contribution in [-0.2, 0) is 40.4 Å². The third-order valence-electron chi connectivity index (χ3n) is 7.29. The molecule has 1 amide bonds. The first-order chi connectivity index (χ1) is 21.3. The first-order valence-corrected chi connectivity index (χ1v) is 14.6. The molecule has 0 fully saturated rings. The molecule has 2 aromatic heterocycles. The molecule has 0 bridgehead atoms. The monoisotopic (exact) mass is 595 g/mol. The van der Waals surface area contributed by atoms with E-state index in [1.165, 1.54) is 5.56 Å². The van der Waals surface area contributed by atoms with Gasteiger partial charge in [-0.1, -0.05) is 60.7 Å². The van der Waals surface area contributed by atoms with E-state index in [0.717, 1.165) is 28.3 Å². The van der Waals surface area contributed by atoms with Crippen LogP contribution < -0.4 is 9.47 Å². The fraction of sp³-hybridized carbons (Fsp3) is 0.286. The number of carbonyl (C=O) groups is 2. The molecule has 2 heterocycles. The summed E-state index contributed by atoms with van der Waals surface area (Å²) >= 11 is 0. The number of nitrogens with zero attached hydrogens (tertiary/aromatic N) is 3. The third-order valence-corrected chi connectivity index (χ3v) is 7.29. The van der Waals surface area contributed by atoms with Crippen LogP contribution in [0.15, 0.2) is 85.1 Å². The third kappa shape index (κ3) is 7.18. The molecule has 0 aliphatic rings. The van der Waals surface area contributed by atoms with Gasteiger partial charge in [0.15, 0.2) is 0 Å². The van der Waals surface area contributed by atoms with Gasteiger partial charge in [0.2, 0.25) is 11.8 Å². The number of carbonyl (C=O) groups excluding carboxylic acids is 2. The molecular weight excluding hydrogens is 558 g/mol. The largest absolute Gasteiger partial charge is 0.515 e. The minimum atomic E-state index is -0.852. The van der Waals surface area contributed by atoms with Crippen molar-refractivity contribution in [2.24, 2.45) is 0 Å². The highest BCUT2D eigenvalue weighted by atomic mass is 16.7. The lowest BCUT2D eigenvalue weighted by atomic mass is 10.1. The topological polar surface area (TPSA) is 92.1 Å². The average molecular weight is 596 g/mol. The Bertz CT molecular complexity index is 1730. The Morgan fingerprint density at radius 1 is 0.909 bits per heavy atom. The minimum absolute atomic E-state index is 0.0433. The van der Waals surface area contributed by atoms with E-state index in [9.17, 15) is 9.59 Å². The Morgan fingerprint density at radius 3 is 2.30 bits per heavy atom. The van der Waals surface area contributed by atoms with Crippen molar-refractivity contribution < 1.29 is 28.5 Å². The van der Waals surface area contributed by atoms with Crippen molar-refractivity contribution in [3.05, 3.63) is 102 Å². The van der Waals surface area contributed by atoms with Crippen LogP contribution in [0, 0.1) is 0 Å². The van der Waals surface area contributed by atoms with Gasteiger partial charge in [-0.2, -0.15) is 0 Å². The first-order valence-electron chi connectivity index (χ1n) is 14.6. The van der Waals surface area contributed by atoms with Crippen molar-refractivity contribution in [2.75, 3.05) is 20.7 Å². The minimum Gasteiger partial charge on any atom is -0.489 e. The number of benzene rings is 3. The van der Waals surface area contributed by atoms with Crippen molar-refractivity contribution in [2.45, 2.75) is 46.1 Å². The van der Waals surface area contributed by atoms with Crippen molar-refractivity contribution >= 4 is 33.9 Å². The van der Waals surface area contributed by atoms with Crippen LogP contribution in [0.1, 0.15) is 30.5 Å². The molecule has 44 heavy (non-hydrogen) atoms. The van der Waals surface area contributed by atoms with Crippen molar-refractivity contribution in [1.29, 1.82) is 0 Å².